The molecule has 0 saturated carbocycles. The van der Waals surface area contributed by atoms with Gasteiger partial charge in [0.25, 0.3) is 0 Å². The van der Waals surface area contributed by atoms with Gasteiger partial charge in [0.2, 0.25) is 0 Å². The second kappa shape index (κ2) is 8.01. The van der Waals surface area contributed by atoms with Crippen LogP contribution >= 0.6 is 23.4 Å². The number of nitrogens with one attached hydrogen (secondary N) is 1. The standard InChI is InChI=1S/C17H18ClNOS/c1-3-10-21-17-7-5-4-6-15(17)19-12-13-11-14(18)8-9-16(13)20-2/h3-9,11,19H,1,10,12H2,2H3. The van der Waals surface area contributed by atoms with Gasteiger partial charge in [-0.15, -0.1) is 18.3 Å². The van der Waals surface area contributed by atoms with E-state index in [1.54, 1.807) is 18.9 Å². The fourth-order valence-corrected chi connectivity index (χ4v) is 2.93. The zero-order chi connectivity index (χ0) is 15.1. The number of thioether (sulfide) groups is 1. The third-order valence-electron chi connectivity index (χ3n) is 2.96. The van der Waals surface area contributed by atoms with E-state index < -0.39 is 0 Å². The second-order valence-electron chi connectivity index (χ2n) is 4.41. The number of para-hydroxylation sites is 1. The molecule has 1 N–H and O–H groups in total. The maximum atomic E-state index is 6.06. The first-order valence-corrected chi connectivity index (χ1v) is 8.00. The number of halogens is 1. The lowest BCUT2D eigenvalue weighted by molar-refractivity contribution is 0.410. The number of anilines is 1. The number of methoxy groups -OCH3 is 1. The van der Waals surface area contributed by atoms with Gasteiger partial charge >= 0.3 is 0 Å². The highest BCUT2D eigenvalue weighted by Crippen LogP contribution is 2.29. The van der Waals surface area contributed by atoms with Crippen molar-refractivity contribution < 1.29 is 4.74 Å². The van der Waals surface area contributed by atoms with Crippen LogP contribution in [0.1, 0.15) is 5.56 Å². The first-order chi connectivity index (χ1) is 10.2. The molecule has 2 aromatic carbocycles. The van der Waals surface area contributed by atoms with Crippen LogP contribution in [0.25, 0.3) is 0 Å². The van der Waals surface area contributed by atoms with Crippen LogP contribution in [0.3, 0.4) is 0 Å². The van der Waals surface area contributed by atoms with Crippen molar-refractivity contribution in [2.24, 2.45) is 0 Å². The van der Waals surface area contributed by atoms with Crippen molar-refractivity contribution in [1.29, 1.82) is 0 Å². The van der Waals surface area contributed by atoms with Gasteiger partial charge in [0, 0.05) is 33.5 Å². The Kier molecular flexibility index (Phi) is 6.03. The molecular formula is C17H18ClNOS. The average molecular weight is 320 g/mol. The highest BCUT2D eigenvalue weighted by Gasteiger charge is 2.06. The first kappa shape index (κ1) is 15.8. The maximum absolute atomic E-state index is 6.06. The third-order valence-corrected chi connectivity index (χ3v) is 4.26. The van der Waals surface area contributed by atoms with Crippen LogP contribution in [-0.4, -0.2) is 12.9 Å². The molecule has 0 saturated heterocycles. The molecule has 21 heavy (non-hydrogen) atoms. The zero-order valence-electron chi connectivity index (χ0n) is 11.9. The number of hydrogen-bond donors (Lipinski definition) is 1. The number of rotatable bonds is 7. The topological polar surface area (TPSA) is 21.3 Å². The molecule has 0 unspecified atom stereocenters. The van der Waals surface area contributed by atoms with Crippen LogP contribution in [0.2, 0.25) is 5.02 Å². The van der Waals surface area contributed by atoms with Crippen LogP contribution in [0.5, 0.6) is 5.75 Å². The number of benzene rings is 2. The van der Waals surface area contributed by atoms with Gasteiger partial charge in [0.05, 0.1) is 7.11 Å². The lowest BCUT2D eigenvalue weighted by atomic mass is 10.2. The quantitative estimate of drug-likeness (QED) is 0.557. The van der Waals surface area contributed by atoms with Crippen LogP contribution < -0.4 is 10.1 Å². The number of hydrogen-bond acceptors (Lipinski definition) is 3. The molecule has 0 spiro atoms. The molecular weight excluding hydrogens is 302 g/mol. The summed E-state index contributed by atoms with van der Waals surface area (Å²) in [6, 6.07) is 13.9. The summed E-state index contributed by atoms with van der Waals surface area (Å²) in [7, 11) is 1.67. The van der Waals surface area contributed by atoms with E-state index in [4.69, 9.17) is 16.3 Å². The zero-order valence-corrected chi connectivity index (χ0v) is 13.5. The Bertz CT molecular complexity index is 615. The van der Waals surface area contributed by atoms with Crippen LogP contribution in [0.15, 0.2) is 60.0 Å². The van der Waals surface area contributed by atoms with Crippen LogP contribution in [-0.2, 0) is 6.54 Å². The van der Waals surface area contributed by atoms with Crippen molar-refractivity contribution in [2.45, 2.75) is 11.4 Å². The van der Waals surface area contributed by atoms with E-state index in [0.29, 0.717) is 11.6 Å². The molecule has 0 amide bonds. The number of ether oxygens (including phenoxy) is 1. The van der Waals surface area contributed by atoms with Gasteiger partial charge in [0.1, 0.15) is 5.75 Å². The monoisotopic (exact) mass is 319 g/mol. The van der Waals surface area contributed by atoms with E-state index in [-0.39, 0.29) is 0 Å². The molecule has 0 bridgehead atoms. The molecule has 0 heterocycles. The minimum absolute atomic E-state index is 0.662. The molecule has 0 aromatic heterocycles. The van der Waals surface area contributed by atoms with E-state index in [0.717, 1.165) is 22.8 Å². The predicted molar refractivity (Wildman–Crippen MR) is 92.7 cm³/mol. The fourth-order valence-electron chi connectivity index (χ4n) is 1.96. The molecule has 2 nitrogen and oxygen atoms in total. The van der Waals surface area contributed by atoms with Gasteiger partial charge in [-0.25, -0.2) is 0 Å². The molecule has 0 atom stereocenters. The van der Waals surface area contributed by atoms with Gasteiger partial charge < -0.3 is 10.1 Å². The van der Waals surface area contributed by atoms with Crippen molar-refractivity contribution in [2.75, 3.05) is 18.2 Å². The molecule has 0 aliphatic heterocycles. The Morgan fingerprint density at radius 3 is 2.86 bits per heavy atom. The minimum atomic E-state index is 0.662. The molecule has 4 heteroatoms. The first-order valence-electron chi connectivity index (χ1n) is 6.63. The van der Waals surface area contributed by atoms with Crippen LogP contribution in [0.4, 0.5) is 5.69 Å². The Morgan fingerprint density at radius 1 is 1.29 bits per heavy atom. The largest absolute Gasteiger partial charge is 0.496 e. The van der Waals surface area contributed by atoms with Gasteiger partial charge in [-0.05, 0) is 30.3 Å². The Labute approximate surface area is 135 Å². The van der Waals surface area contributed by atoms with Gasteiger partial charge in [-0.2, -0.15) is 0 Å². The van der Waals surface area contributed by atoms with Crippen LogP contribution in [0, 0.1) is 0 Å². The SMILES string of the molecule is C=CCSc1ccccc1NCc1cc(Cl)ccc1OC. The summed E-state index contributed by atoms with van der Waals surface area (Å²) in [5.74, 6) is 1.72. The molecule has 110 valence electrons. The summed E-state index contributed by atoms with van der Waals surface area (Å²) in [6.07, 6.45) is 1.90. The molecule has 0 fully saturated rings. The van der Waals surface area contributed by atoms with E-state index >= 15 is 0 Å². The minimum Gasteiger partial charge on any atom is -0.496 e. The van der Waals surface area contributed by atoms with Gasteiger partial charge in [-0.1, -0.05) is 29.8 Å². The highest BCUT2D eigenvalue weighted by molar-refractivity contribution is 7.99. The van der Waals surface area contributed by atoms with Crippen molar-refractivity contribution >= 4 is 29.1 Å². The van der Waals surface area contributed by atoms with Gasteiger partial charge in [-0.3, -0.25) is 0 Å². The van der Waals surface area contributed by atoms with Crippen molar-refractivity contribution in [3.63, 3.8) is 0 Å². The predicted octanol–water partition coefficient (Wildman–Crippen LogP) is 5.24. The summed E-state index contributed by atoms with van der Waals surface area (Å²) in [6.45, 7) is 4.42. The third kappa shape index (κ3) is 4.45. The van der Waals surface area contributed by atoms with E-state index in [1.807, 2.05) is 36.4 Å². The smallest absolute Gasteiger partial charge is 0.123 e. The maximum Gasteiger partial charge on any atom is 0.123 e. The summed E-state index contributed by atoms with van der Waals surface area (Å²) in [5, 5.41) is 4.16. The molecule has 0 aliphatic rings. The average Bonchev–Trinajstić information content (AvgIpc) is 2.52. The van der Waals surface area contributed by atoms with Crippen molar-refractivity contribution in [1.82, 2.24) is 0 Å². The summed E-state index contributed by atoms with van der Waals surface area (Å²) >= 11 is 7.81. The summed E-state index contributed by atoms with van der Waals surface area (Å²) in [4.78, 5) is 1.21. The molecule has 2 rings (SSSR count). The van der Waals surface area contributed by atoms with Gasteiger partial charge in [0.15, 0.2) is 0 Å². The normalized spacial score (nSPS) is 10.2. The Hall–Kier alpha value is -1.58. The Balaban J connectivity index is 2.13. The van der Waals surface area contributed by atoms with Crippen molar-refractivity contribution in [3.8, 4) is 5.75 Å². The lowest BCUT2D eigenvalue weighted by Crippen LogP contribution is -2.02. The summed E-state index contributed by atoms with van der Waals surface area (Å²) in [5.41, 5.74) is 2.14. The van der Waals surface area contributed by atoms with Crippen molar-refractivity contribution in [3.05, 3.63) is 65.7 Å². The van der Waals surface area contributed by atoms with E-state index in [9.17, 15) is 0 Å². The Morgan fingerprint density at radius 2 is 2.10 bits per heavy atom. The molecule has 2 aromatic rings. The van der Waals surface area contributed by atoms with E-state index in [1.165, 1.54) is 4.90 Å². The second-order valence-corrected chi connectivity index (χ2v) is 5.90. The highest BCUT2D eigenvalue weighted by atomic mass is 35.5. The van der Waals surface area contributed by atoms with E-state index in [2.05, 4.69) is 24.0 Å². The fraction of sp³-hybridized carbons (Fsp3) is 0.176. The molecule has 0 radical (unpaired) electrons. The summed E-state index contributed by atoms with van der Waals surface area (Å²) < 4.78 is 5.37. The lowest BCUT2D eigenvalue weighted by Gasteiger charge is -2.13. The molecule has 0 aliphatic carbocycles.